The molecule has 0 N–H and O–H groups in total. The number of ether oxygens (including phenoxy) is 1. The standard InChI is InChI=1S/C17H21NO3/c1-2-21-17(20)16-14-9-8-13(10-15(16)19)18(14)11-12-6-4-3-5-7-12/h3-7,13-14,16H,2,8-11H2,1H3. The molecule has 2 aliphatic rings. The summed E-state index contributed by atoms with van der Waals surface area (Å²) in [5.41, 5.74) is 1.23. The van der Waals surface area contributed by atoms with E-state index in [1.807, 2.05) is 18.2 Å². The van der Waals surface area contributed by atoms with Gasteiger partial charge >= 0.3 is 5.97 Å². The maximum atomic E-state index is 12.2. The van der Waals surface area contributed by atoms with Crippen molar-refractivity contribution in [1.29, 1.82) is 0 Å². The van der Waals surface area contributed by atoms with Gasteiger partial charge in [-0.05, 0) is 25.3 Å². The quantitative estimate of drug-likeness (QED) is 0.629. The maximum Gasteiger partial charge on any atom is 0.318 e. The number of piperidine rings is 1. The molecule has 0 spiro atoms. The lowest BCUT2D eigenvalue weighted by atomic mass is 9.88. The van der Waals surface area contributed by atoms with Gasteiger partial charge in [-0.2, -0.15) is 0 Å². The first-order valence-corrected chi connectivity index (χ1v) is 7.69. The zero-order valence-electron chi connectivity index (χ0n) is 12.3. The summed E-state index contributed by atoms with van der Waals surface area (Å²) < 4.78 is 5.11. The van der Waals surface area contributed by atoms with Crippen LogP contribution < -0.4 is 0 Å². The molecule has 1 aromatic carbocycles. The molecular formula is C17H21NO3. The predicted molar refractivity (Wildman–Crippen MR) is 78.5 cm³/mol. The van der Waals surface area contributed by atoms with Crippen LogP contribution in [0.3, 0.4) is 0 Å². The minimum absolute atomic E-state index is 0.00973. The molecule has 3 unspecified atom stereocenters. The van der Waals surface area contributed by atoms with Gasteiger partial charge in [0.1, 0.15) is 11.7 Å². The molecule has 0 aliphatic carbocycles. The number of fused-ring (bicyclic) bond motifs is 2. The molecule has 2 aliphatic heterocycles. The van der Waals surface area contributed by atoms with E-state index in [2.05, 4.69) is 17.0 Å². The SMILES string of the molecule is CCOC(=O)C1C(=O)CC2CCC1N2Cc1ccccc1. The van der Waals surface area contributed by atoms with Crippen LogP contribution in [0.25, 0.3) is 0 Å². The average molecular weight is 287 g/mol. The Labute approximate surface area is 125 Å². The number of carbonyl (C=O) groups is 2. The second-order valence-corrected chi connectivity index (χ2v) is 5.86. The molecule has 0 saturated carbocycles. The molecule has 1 aromatic rings. The Morgan fingerprint density at radius 2 is 2.05 bits per heavy atom. The summed E-state index contributed by atoms with van der Waals surface area (Å²) in [4.78, 5) is 26.7. The van der Waals surface area contributed by atoms with E-state index in [0.717, 1.165) is 19.4 Å². The van der Waals surface area contributed by atoms with Gasteiger partial charge in [-0.15, -0.1) is 0 Å². The second-order valence-electron chi connectivity index (χ2n) is 5.86. The summed E-state index contributed by atoms with van der Waals surface area (Å²) in [5, 5.41) is 0. The van der Waals surface area contributed by atoms with Crippen molar-refractivity contribution in [2.24, 2.45) is 5.92 Å². The largest absolute Gasteiger partial charge is 0.465 e. The normalized spacial score (nSPS) is 28.6. The van der Waals surface area contributed by atoms with Crippen molar-refractivity contribution in [3.63, 3.8) is 0 Å². The number of benzene rings is 1. The van der Waals surface area contributed by atoms with Gasteiger partial charge in [0, 0.05) is 25.0 Å². The van der Waals surface area contributed by atoms with Crippen LogP contribution in [-0.2, 0) is 20.9 Å². The summed E-state index contributed by atoms with van der Waals surface area (Å²) in [6.45, 7) is 2.92. The van der Waals surface area contributed by atoms with Gasteiger partial charge in [-0.25, -0.2) is 0 Å². The summed E-state index contributed by atoms with van der Waals surface area (Å²) >= 11 is 0. The van der Waals surface area contributed by atoms with Crippen LogP contribution in [0.15, 0.2) is 30.3 Å². The Hall–Kier alpha value is -1.68. The van der Waals surface area contributed by atoms with Gasteiger partial charge in [0.2, 0.25) is 0 Å². The Morgan fingerprint density at radius 3 is 2.76 bits per heavy atom. The lowest BCUT2D eigenvalue weighted by Crippen LogP contribution is -2.51. The van der Waals surface area contributed by atoms with E-state index in [1.165, 1.54) is 5.56 Å². The average Bonchev–Trinajstić information content (AvgIpc) is 2.75. The van der Waals surface area contributed by atoms with E-state index in [9.17, 15) is 9.59 Å². The third-order valence-corrected chi connectivity index (χ3v) is 4.61. The van der Waals surface area contributed by atoms with E-state index in [1.54, 1.807) is 6.92 Å². The zero-order valence-corrected chi connectivity index (χ0v) is 12.3. The van der Waals surface area contributed by atoms with Crippen molar-refractivity contribution < 1.29 is 14.3 Å². The number of nitrogens with zero attached hydrogens (tertiary/aromatic N) is 1. The molecule has 0 radical (unpaired) electrons. The summed E-state index contributed by atoms with van der Waals surface area (Å²) in [6, 6.07) is 10.5. The fourth-order valence-corrected chi connectivity index (χ4v) is 3.68. The molecule has 2 fully saturated rings. The lowest BCUT2D eigenvalue weighted by Gasteiger charge is -2.38. The van der Waals surface area contributed by atoms with Crippen LogP contribution >= 0.6 is 0 Å². The highest BCUT2D eigenvalue weighted by atomic mass is 16.5. The summed E-state index contributed by atoms with van der Waals surface area (Å²) in [7, 11) is 0. The molecule has 2 bridgehead atoms. The van der Waals surface area contributed by atoms with Gasteiger partial charge in [0.15, 0.2) is 0 Å². The molecule has 4 heteroatoms. The van der Waals surface area contributed by atoms with Crippen LogP contribution in [0.4, 0.5) is 0 Å². The second kappa shape index (κ2) is 5.98. The van der Waals surface area contributed by atoms with E-state index in [4.69, 9.17) is 4.74 Å². The predicted octanol–water partition coefficient (Wildman–Crippen LogP) is 2.17. The Morgan fingerprint density at radius 1 is 1.29 bits per heavy atom. The first-order chi connectivity index (χ1) is 10.2. The van der Waals surface area contributed by atoms with Crippen molar-refractivity contribution in [1.82, 2.24) is 4.90 Å². The molecule has 3 rings (SSSR count). The molecule has 112 valence electrons. The third kappa shape index (κ3) is 2.72. The topological polar surface area (TPSA) is 46.6 Å². The van der Waals surface area contributed by atoms with Gasteiger partial charge in [0.25, 0.3) is 0 Å². The van der Waals surface area contributed by atoms with Crippen LogP contribution in [0.5, 0.6) is 0 Å². The van der Waals surface area contributed by atoms with Crippen LogP contribution in [-0.4, -0.2) is 35.3 Å². The lowest BCUT2D eigenvalue weighted by molar-refractivity contribution is -0.156. The van der Waals surface area contributed by atoms with Crippen molar-refractivity contribution in [3.8, 4) is 0 Å². The van der Waals surface area contributed by atoms with Crippen molar-refractivity contribution in [3.05, 3.63) is 35.9 Å². The minimum atomic E-state index is -0.590. The number of carbonyl (C=O) groups excluding carboxylic acids is 2. The number of esters is 1. The minimum Gasteiger partial charge on any atom is -0.465 e. The highest BCUT2D eigenvalue weighted by Crippen LogP contribution is 2.38. The van der Waals surface area contributed by atoms with Crippen LogP contribution in [0, 0.1) is 5.92 Å². The van der Waals surface area contributed by atoms with Gasteiger partial charge in [-0.1, -0.05) is 30.3 Å². The molecule has 21 heavy (non-hydrogen) atoms. The van der Waals surface area contributed by atoms with Crippen molar-refractivity contribution >= 4 is 11.8 Å². The summed E-state index contributed by atoms with van der Waals surface area (Å²) in [5.74, 6) is -0.872. The van der Waals surface area contributed by atoms with E-state index in [-0.39, 0.29) is 23.8 Å². The Bertz CT molecular complexity index is 528. The molecule has 2 saturated heterocycles. The monoisotopic (exact) mass is 287 g/mol. The molecule has 4 nitrogen and oxygen atoms in total. The van der Waals surface area contributed by atoms with Gasteiger partial charge in [0.05, 0.1) is 6.61 Å². The highest BCUT2D eigenvalue weighted by Gasteiger charge is 2.50. The molecule has 0 amide bonds. The molecular weight excluding hydrogens is 266 g/mol. The third-order valence-electron chi connectivity index (χ3n) is 4.61. The Kier molecular flexibility index (Phi) is 4.06. The zero-order chi connectivity index (χ0) is 14.8. The molecule has 0 aromatic heterocycles. The van der Waals surface area contributed by atoms with Crippen molar-refractivity contribution in [2.75, 3.05) is 6.61 Å². The fraction of sp³-hybridized carbons (Fsp3) is 0.529. The van der Waals surface area contributed by atoms with Crippen molar-refractivity contribution in [2.45, 2.75) is 44.8 Å². The fourth-order valence-electron chi connectivity index (χ4n) is 3.68. The highest BCUT2D eigenvalue weighted by molar-refractivity contribution is 6.01. The van der Waals surface area contributed by atoms with E-state index in [0.29, 0.717) is 13.0 Å². The number of ketones is 1. The smallest absolute Gasteiger partial charge is 0.318 e. The van der Waals surface area contributed by atoms with Crippen LogP contribution in [0.2, 0.25) is 0 Å². The molecule has 3 atom stereocenters. The number of hydrogen-bond acceptors (Lipinski definition) is 4. The molecule has 2 heterocycles. The number of hydrogen-bond donors (Lipinski definition) is 0. The number of rotatable bonds is 4. The number of Topliss-reactive ketones (excluding diaryl/α,β-unsaturated/α-hetero) is 1. The first kappa shape index (κ1) is 14.3. The van der Waals surface area contributed by atoms with E-state index >= 15 is 0 Å². The van der Waals surface area contributed by atoms with Crippen LogP contribution in [0.1, 0.15) is 31.7 Å². The summed E-state index contributed by atoms with van der Waals surface area (Å²) in [6.07, 6.45) is 2.39. The van der Waals surface area contributed by atoms with E-state index < -0.39 is 5.92 Å². The van der Waals surface area contributed by atoms with Gasteiger partial charge < -0.3 is 4.74 Å². The maximum absolute atomic E-state index is 12.2. The Balaban J connectivity index is 1.79. The van der Waals surface area contributed by atoms with Gasteiger partial charge in [-0.3, -0.25) is 14.5 Å². The first-order valence-electron chi connectivity index (χ1n) is 7.69.